The van der Waals surface area contributed by atoms with Crippen molar-refractivity contribution in [1.29, 1.82) is 0 Å². The summed E-state index contributed by atoms with van der Waals surface area (Å²) in [5.74, 6) is -0.431. The molecule has 1 rings (SSSR count). The van der Waals surface area contributed by atoms with Crippen molar-refractivity contribution in [3.8, 4) is 0 Å². The molecule has 0 spiro atoms. The monoisotopic (exact) mass is 208 g/mol. The number of hydrogen-bond donors (Lipinski definition) is 0. The fourth-order valence-electron chi connectivity index (χ4n) is 1.19. The van der Waals surface area contributed by atoms with Crippen molar-refractivity contribution >= 4 is 5.97 Å². The van der Waals surface area contributed by atoms with Crippen LogP contribution in [0.3, 0.4) is 0 Å². The van der Waals surface area contributed by atoms with Gasteiger partial charge in [0.15, 0.2) is 0 Å². The summed E-state index contributed by atoms with van der Waals surface area (Å²) in [6.07, 6.45) is 0. The standard InChI is InChI=1S/C12H16O3/c1-10(8-14-2)12(13)15-9-11-6-4-3-5-7-11/h3-7,10H,8-9H2,1-2H3/t10-/m1/s1. The van der Waals surface area contributed by atoms with Crippen LogP contribution in [0.5, 0.6) is 0 Å². The van der Waals surface area contributed by atoms with Gasteiger partial charge in [0.1, 0.15) is 6.61 Å². The van der Waals surface area contributed by atoms with E-state index in [2.05, 4.69) is 0 Å². The van der Waals surface area contributed by atoms with Crippen molar-refractivity contribution in [3.63, 3.8) is 0 Å². The highest BCUT2D eigenvalue weighted by atomic mass is 16.5. The molecule has 0 heterocycles. The summed E-state index contributed by atoms with van der Waals surface area (Å²) >= 11 is 0. The Morgan fingerprint density at radius 3 is 2.60 bits per heavy atom. The lowest BCUT2D eigenvalue weighted by Gasteiger charge is -2.10. The number of ether oxygens (including phenoxy) is 2. The Morgan fingerprint density at radius 2 is 2.00 bits per heavy atom. The second-order valence-electron chi connectivity index (χ2n) is 3.45. The van der Waals surface area contributed by atoms with E-state index in [0.29, 0.717) is 13.2 Å². The Hall–Kier alpha value is -1.35. The number of methoxy groups -OCH3 is 1. The van der Waals surface area contributed by atoms with Gasteiger partial charge in [-0.05, 0) is 12.5 Å². The van der Waals surface area contributed by atoms with Crippen LogP contribution >= 0.6 is 0 Å². The zero-order valence-corrected chi connectivity index (χ0v) is 9.10. The molecule has 3 nitrogen and oxygen atoms in total. The molecule has 0 aliphatic heterocycles. The lowest BCUT2D eigenvalue weighted by atomic mass is 10.2. The molecule has 0 saturated heterocycles. The molecule has 0 fully saturated rings. The van der Waals surface area contributed by atoms with Gasteiger partial charge < -0.3 is 9.47 Å². The van der Waals surface area contributed by atoms with E-state index in [1.165, 1.54) is 0 Å². The van der Waals surface area contributed by atoms with Crippen molar-refractivity contribution in [2.45, 2.75) is 13.5 Å². The molecule has 3 heteroatoms. The molecule has 0 N–H and O–H groups in total. The Labute approximate surface area is 90.0 Å². The van der Waals surface area contributed by atoms with Crippen LogP contribution in [-0.4, -0.2) is 19.7 Å². The van der Waals surface area contributed by atoms with Crippen molar-refractivity contribution in [2.75, 3.05) is 13.7 Å². The minimum Gasteiger partial charge on any atom is -0.461 e. The normalized spacial score (nSPS) is 12.1. The van der Waals surface area contributed by atoms with Crippen molar-refractivity contribution in [2.24, 2.45) is 5.92 Å². The van der Waals surface area contributed by atoms with Gasteiger partial charge in [-0.2, -0.15) is 0 Å². The van der Waals surface area contributed by atoms with Crippen LogP contribution in [0.2, 0.25) is 0 Å². The molecule has 0 unspecified atom stereocenters. The Balaban J connectivity index is 2.34. The maximum absolute atomic E-state index is 11.4. The zero-order valence-electron chi connectivity index (χ0n) is 9.10. The maximum Gasteiger partial charge on any atom is 0.311 e. The minimum absolute atomic E-state index is 0.210. The van der Waals surface area contributed by atoms with Gasteiger partial charge >= 0.3 is 5.97 Å². The average molecular weight is 208 g/mol. The number of benzene rings is 1. The van der Waals surface area contributed by atoms with Crippen molar-refractivity contribution < 1.29 is 14.3 Å². The summed E-state index contributed by atoms with van der Waals surface area (Å²) in [7, 11) is 1.57. The summed E-state index contributed by atoms with van der Waals surface area (Å²) in [6.45, 7) is 2.51. The van der Waals surface area contributed by atoms with Gasteiger partial charge in [-0.3, -0.25) is 4.79 Å². The predicted octanol–water partition coefficient (Wildman–Crippen LogP) is 2.01. The molecule has 0 aromatic heterocycles. The molecule has 0 bridgehead atoms. The van der Waals surface area contributed by atoms with Crippen molar-refractivity contribution in [3.05, 3.63) is 35.9 Å². The summed E-state index contributed by atoms with van der Waals surface area (Å²) in [6, 6.07) is 9.62. The van der Waals surface area contributed by atoms with E-state index in [9.17, 15) is 4.79 Å². The average Bonchev–Trinajstić information content (AvgIpc) is 2.27. The van der Waals surface area contributed by atoms with Crippen LogP contribution in [0.15, 0.2) is 30.3 Å². The molecule has 0 aliphatic rings. The number of carbonyl (C=O) groups is 1. The molecule has 1 aromatic rings. The molecule has 15 heavy (non-hydrogen) atoms. The van der Waals surface area contributed by atoms with E-state index in [0.717, 1.165) is 5.56 Å². The summed E-state index contributed by atoms with van der Waals surface area (Å²) in [5.41, 5.74) is 0.996. The first kappa shape index (κ1) is 11.7. The first-order valence-corrected chi connectivity index (χ1v) is 4.93. The van der Waals surface area contributed by atoms with Crippen LogP contribution < -0.4 is 0 Å². The molecule has 0 radical (unpaired) electrons. The van der Waals surface area contributed by atoms with Crippen LogP contribution in [0.1, 0.15) is 12.5 Å². The Morgan fingerprint density at radius 1 is 1.33 bits per heavy atom. The van der Waals surface area contributed by atoms with Crippen LogP contribution in [0, 0.1) is 5.92 Å². The fraction of sp³-hybridized carbons (Fsp3) is 0.417. The van der Waals surface area contributed by atoms with Gasteiger partial charge in [-0.15, -0.1) is 0 Å². The van der Waals surface area contributed by atoms with Gasteiger partial charge in [0.25, 0.3) is 0 Å². The molecule has 0 saturated carbocycles. The fourth-order valence-corrected chi connectivity index (χ4v) is 1.19. The molecule has 0 amide bonds. The summed E-state index contributed by atoms with van der Waals surface area (Å²) in [5, 5.41) is 0. The first-order valence-electron chi connectivity index (χ1n) is 4.93. The molecule has 1 atom stereocenters. The second-order valence-corrected chi connectivity index (χ2v) is 3.45. The topological polar surface area (TPSA) is 35.5 Å². The zero-order chi connectivity index (χ0) is 11.1. The van der Waals surface area contributed by atoms with Crippen molar-refractivity contribution in [1.82, 2.24) is 0 Å². The lowest BCUT2D eigenvalue weighted by Crippen LogP contribution is -2.18. The van der Waals surface area contributed by atoms with Gasteiger partial charge in [-0.1, -0.05) is 30.3 Å². The molecule has 82 valence electrons. The molecular formula is C12H16O3. The first-order chi connectivity index (χ1) is 7.24. The number of hydrogen-bond acceptors (Lipinski definition) is 3. The van der Waals surface area contributed by atoms with Gasteiger partial charge in [0, 0.05) is 7.11 Å². The maximum atomic E-state index is 11.4. The molecule has 1 aromatic carbocycles. The molecule has 0 aliphatic carbocycles. The van der Waals surface area contributed by atoms with E-state index < -0.39 is 0 Å². The predicted molar refractivity (Wildman–Crippen MR) is 57.3 cm³/mol. The third kappa shape index (κ3) is 4.13. The Kier molecular flexibility index (Phi) is 4.84. The smallest absolute Gasteiger partial charge is 0.311 e. The summed E-state index contributed by atoms with van der Waals surface area (Å²) < 4.78 is 10.00. The SMILES string of the molecule is COC[C@@H](C)C(=O)OCc1ccccc1. The van der Waals surface area contributed by atoms with Crippen LogP contribution in [0.25, 0.3) is 0 Å². The number of carbonyl (C=O) groups excluding carboxylic acids is 1. The highest BCUT2D eigenvalue weighted by Crippen LogP contribution is 2.04. The quantitative estimate of drug-likeness (QED) is 0.694. The van der Waals surface area contributed by atoms with Crippen LogP contribution in [-0.2, 0) is 20.9 Å². The third-order valence-electron chi connectivity index (χ3n) is 2.04. The highest BCUT2D eigenvalue weighted by Gasteiger charge is 2.13. The van der Waals surface area contributed by atoms with Gasteiger partial charge in [0.05, 0.1) is 12.5 Å². The molecular weight excluding hydrogens is 192 g/mol. The van der Waals surface area contributed by atoms with Crippen LogP contribution in [0.4, 0.5) is 0 Å². The number of rotatable bonds is 5. The lowest BCUT2D eigenvalue weighted by molar-refractivity contribution is -0.150. The van der Waals surface area contributed by atoms with Gasteiger partial charge in [-0.25, -0.2) is 0 Å². The second kappa shape index (κ2) is 6.19. The van der Waals surface area contributed by atoms with E-state index in [4.69, 9.17) is 9.47 Å². The number of esters is 1. The Bertz CT molecular complexity index is 295. The van der Waals surface area contributed by atoms with E-state index in [1.807, 2.05) is 30.3 Å². The van der Waals surface area contributed by atoms with E-state index >= 15 is 0 Å². The summed E-state index contributed by atoms with van der Waals surface area (Å²) in [4.78, 5) is 11.4. The third-order valence-corrected chi connectivity index (χ3v) is 2.04. The van der Waals surface area contributed by atoms with E-state index in [1.54, 1.807) is 14.0 Å². The largest absolute Gasteiger partial charge is 0.461 e. The minimum atomic E-state index is -0.222. The van der Waals surface area contributed by atoms with E-state index in [-0.39, 0.29) is 11.9 Å². The van der Waals surface area contributed by atoms with Gasteiger partial charge in [0.2, 0.25) is 0 Å². The highest BCUT2D eigenvalue weighted by molar-refractivity contribution is 5.72.